The Morgan fingerprint density at radius 2 is 2.04 bits per heavy atom. The number of Topliss-reactive ketones (excluding diaryl/α,β-unsaturated/α-hetero) is 1. The van der Waals surface area contributed by atoms with Gasteiger partial charge in [0, 0.05) is 19.2 Å². The van der Waals surface area contributed by atoms with E-state index in [4.69, 9.17) is 14.6 Å². The number of ether oxygens (including phenoxy) is 2. The summed E-state index contributed by atoms with van der Waals surface area (Å²) in [4.78, 5) is 28.3. The van der Waals surface area contributed by atoms with Crippen molar-refractivity contribution in [3.63, 3.8) is 0 Å². The Morgan fingerprint density at radius 1 is 1.28 bits per heavy atom. The van der Waals surface area contributed by atoms with Gasteiger partial charge >= 0.3 is 5.97 Å². The van der Waals surface area contributed by atoms with Crippen molar-refractivity contribution in [2.45, 2.75) is 33.6 Å². The Labute approximate surface area is 146 Å². The Balaban J connectivity index is 2.30. The average Bonchev–Trinajstić information content (AvgIpc) is 2.89. The quantitative estimate of drug-likeness (QED) is 0.664. The van der Waals surface area contributed by atoms with Gasteiger partial charge in [-0.2, -0.15) is 0 Å². The van der Waals surface area contributed by atoms with Crippen LogP contribution in [-0.2, 0) is 9.53 Å². The summed E-state index contributed by atoms with van der Waals surface area (Å²) in [6.07, 6.45) is 1.76. The lowest BCUT2D eigenvalue weighted by molar-refractivity contribution is -0.138. The predicted octanol–water partition coefficient (Wildman–Crippen LogP) is 2.74. The summed E-state index contributed by atoms with van der Waals surface area (Å²) >= 11 is 0. The largest absolute Gasteiger partial charge is 0.490 e. The summed E-state index contributed by atoms with van der Waals surface area (Å²) in [5, 5.41) is 9.05. The van der Waals surface area contributed by atoms with Gasteiger partial charge in [0.1, 0.15) is 5.69 Å². The molecule has 0 bridgehead atoms. The number of aliphatic carboxylic acids is 1. The topological polar surface area (TPSA) is 90.1 Å². The molecular weight excluding hydrogens is 324 g/mol. The third-order valence-electron chi connectivity index (χ3n) is 3.85. The monoisotopic (exact) mass is 348 g/mol. The molecule has 0 saturated carbocycles. The number of fused-ring (bicyclic) bond motifs is 1. The highest BCUT2D eigenvalue weighted by molar-refractivity contribution is 5.97. The molecule has 1 atom stereocenters. The van der Waals surface area contributed by atoms with Gasteiger partial charge in [0.25, 0.3) is 0 Å². The molecule has 136 valence electrons. The van der Waals surface area contributed by atoms with Crippen molar-refractivity contribution in [1.29, 1.82) is 0 Å². The van der Waals surface area contributed by atoms with E-state index in [-0.39, 0.29) is 31.1 Å². The fraction of sp³-hybridized carbons (Fsp3) is 0.500. The molecule has 0 unspecified atom stereocenters. The number of pyridine rings is 1. The fourth-order valence-electron chi connectivity index (χ4n) is 2.84. The Hall–Kier alpha value is -2.41. The summed E-state index contributed by atoms with van der Waals surface area (Å²) in [5.41, 5.74) is 1.65. The van der Waals surface area contributed by atoms with Crippen molar-refractivity contribution in [2.75, 3.05) is 19.8 Å². The van der Waals surface area contributed by atoms with Crippen LogP contribution in [0.5, 0.6) is 5.75 Å². The van der Waals surface area contributed by atoms with Crippen molar-refractivity contribution < 1.29 is 24.2 Å². The van der Waals surface area contributed by atoms with Crippen molar-refractivity contribution in [3.05, 3.63) is 29.7 Å². The van der Waals surface area contributed by atoms with Gasteiger partial charge in [-0.3, -0.25) is 14.0 Å². The van der Waals surface area contributed by atoms with Gasteiger partial charge in [-0.05, 0) is 38.8 Å². The molecule has 7 nitrogen and oxygen atoms in total. The Bertz CT molecular complexity index is 753. The summed E-state index contributed by atoms with van der Waals surface area (Å²) < 4.78 is 12.6. The smallest absolute Gasteiger partial charge is 0.303 e. The van der Waals surface area contributed by atoms with E-state index in [9.17, 15) is 9.59 Å². The summed E-state index contributed by atoms with van der Waals surface area (Å²) in [7, 11) is 0. The maximum absolute atomic E-state index is 12.8. The van der Waals surface area contributed by atoms with Gasteiger partial charge in [-0.25, -0.2) is 4.98 Å². The van der Waals surface area contributed by atoms with E-state index in [2.05, 4.69) is 4.98 Å². The number of carboxylic acid groups (broad SMARTS) is 1. The number of aromatic nitrogens is 2. The number of rotatable bonds is 10. The van der Waals surface area contributed by atoms with Crippen LogP contribution in [-0.4, -0.2) is 46.1 Å². The zero-order chi connectivity index (χ0) is 18.4. The van der Waals surface area contributed by atoms with E-state index in [1.54, 1.807) is 23.6 Å². The average molecular weight is 348 g/mol. The third kappa shape index (κ3) is 4.57. The van der Waals surface area contributed by atoms with Crippen molar-refractivity contribution in [2.24, 2.45) is 5.92 Å². The molecule has 2 aromatic rings. The second kappa shape index (κ2) is 8.62. The number of aryl methyl sites for hydroxylation is 1. The Kier molecular flexibility index (Phi) is 6.52. The molecule has 0 aliphatic carbocycles. The van der Waals surface area contributed by atoms with Gasteiger partial charge in [0.2, 0.25) is 0 Å². The summed E-state index contributed by atoms with van der Waals surface area (Å²) in [6.45, 7) is 6.72. The molecular formula is C18H24N2O5. The van der Waals surface area contributed by atoms with E-state index in [1.165, 1.54) is 0 Å². The van der Waals surface area contributed by atoms with E-state index in [0.717, 1.165) is 0 Å². The lowest BCUT2D eigenvalue weighted by Crippen LogP contribution is -2.19. The first-order chi connectivity index (χ1) is 12.0. The molecule has 2 aromatic heterocycles. The summed E-state index contributed by atoms with van der Waals surface area (Å²) in [6, 6.07) is 3.60. The molecule has 25 heavy (non-hydrogen) atoms. The first-order valence-corrected chi connectivity index (χ1v) is 8.41. The molecule has 0 saturated heterocycles. The standard InChI is InChI=1S/C18H24N2O5/c1-4-24-11-13(10-16(22)23)9-14(21)17-12(3)19-18-15(25-5-2)7-6-8-20(17)18/h6-8,13H,4-5,9-11H2,1-3H3,(H,22,23)/t13-/m0/s1. The minimum Gasteiger partial charge on any atom is -0.490 e. The highest BCUT2D eigenvalue weighted by Crippen LogP contribution is 2.24. The van der Waals surface area contributed by atoms with Gasteiger partial charge in [0.15, 0.2) is 17.2 Å². The maximum atomic E-state index is 12.8. The highest BCUT2D eigenvalue weighted by Gasteiger charge is 2.23. The SMILES string of the molecule is CCOC[C@H](CC(=O)O)CC(=O)c1c(C)nc2c(OCC)cccn12. The molecule has 0 fully saturated rings. The minimum absolute atomic E-state index is 0.0970. The number of hydrogen-bond acceptors (Lipinski definition) is 5. The van der Waals surface area contributed by atoms with E-state index >= 15 is 0 Å². The normalized spacial score (nSPS) is 12.3. The minimum atomic E-state index is -0.939. The number of nitrogens with zero attached hydrogens (tertiary/aromatic N) is 2. The molecule has 2 heterocycles. The van der Waals surface area contributed by atoms with Crippen LogP contribution in [0, 0.1) is 12.8 Å². The first kappa shape index (κ1) is 18.9. The van der Waals surface area contributed by atoms with Crippen molar-refractivity contribution in [3.8, 4) is 5.75 Å². The maximum Gasteiger partial charge on any atom is 0.303 e. The van der Waals surface area contributed by atoms with E-state index in [0.29, 0.717) is 36.0 Å². The zero-order valence-electron chi connectivity index (χ0n) is 14.8. The molecule has 0 aromatic carbocycles. The second-order valence-corrected chi connectivity index (χ2v) is 5.80. The van der Waals surface area contributed by atoms with Crippen LogP contribution >= 0.6 is 0 Å². The van der Waals surface area contributed by atoms with E-state index in [1.807, 2.05) is 19.9 Å². The molecule has 0 aliphatic rings. The van der Waals surface area contributed by atoms with Crippen LogP contribution < -0.4 is 4.74 Å². The Morgan fingerprint density at radius 3 is 2.68 bits per heavy atom. The number of carbonyl (C=O) groups is 2. The van der Waals surface area contributed by atoms with Gasteiger partial charge in [-0.15, -0.1) is 0 Å². The number of carbonyl (C=O) groups excluding carboxylic acids is 1. The van der Waals surface area contributed by atoms with Crippen molar-refractivity contribution >= 4 is 17.4 Å². The van der Waals surface area contributed by atoms with Crippen LogP contribution in [0.15, 0.2) is 18.3 Å². The lowest BCUT2D eigenvalue weighted by atomic mass is 9.97. The van der Waals surface area contributed by atoms with E-state index < -0.39 is 5.97 Å². The van der Waals surface area contributed by atoms with Gasteiger partial charge in [-0.1, -0.05) is 0 Å². The fourth-order valence-corrected chi connectivity index (χ4v) is 2.84. The first-order valence-electron chi connectivity index (χ1n) is 8.41. The second-order valence-electron chi connectivity index (χ2n) is 5.80. The molecule has 0 radical (unpaired) electrons. The summed E-state index contributed by atoms with van der Waals surface area (Å²) in [5.74, 6) is -0.843. The molecule has 7 heteroatoms. The van der Waals surface area contributed by atoms with Crippen LogP contribution in [0.3, 0.4) is 0 Å². The predicted molar refractivity (Wildman–Crippen MR) is 92.3 cm³/mol. The third-order valence-corrected chi connectivity index (χ3v) is 3.85. The highest BCUT2D eigenvalue weighted by atomic mass is 16.5. The van der Waals surface area contributed by atoms with Crippen LogP contribution in [0.2, 0.25) is 0 Å². The molecule has 0 amide bonds. The van der Waals surface area contributed by atoms with Gasteiger partial charge in [0.05, 0.1) is 25.3 Å². The number of ketones is 1. The van der Waals surface area contributed by atoms with Crippen LogP contribution in [0.25, 0.3) is 5.65 Å². The van der Waals surface area contributed by atoms with Crippen molar-refractivity contribution in [1.82, 2.24) is 9.38 Å². The lowest BCUT2D eigenvalue weighted by Gasteiger charge is -2.14. The van der Waals surface area contributed by atoms with Crippen LogP contribution in [0.4, 0.5) is 0 Å². The molecule has 0 spiro atoms. The molecule has 0 aliphatic heterocycles. The molecule has 1 N–H and O–H groups in total. The number of carboxylic acids is 1. The number of imidazole rings is 1. The molecule has 2 rings (SSSR count). The van der Waals surface area contributed by atoms with Gasteiger partial charge < -0.3 is 14.6 Å². The zero-order valence-corrected chi connectivity index (χ0v) is 14.8. The van der Waals surface area contributed by atoms with Crippen LogP contribution in [0.1, 0.15) is 42.9 Å². The number of hydrogen-bond donors (Lipinski definition) is 1.